The number of nitrogens with two attached hydrogens (primary N) is 1. The summed E-state index contributed by atoms with van der Waals surface area (Å²) >= 11 is 0. The van der Waals surface area contributed by atoms with Crippen LogP contribution in [0.15, 0.2) is 34.1 Å². The summed E-state index contributed by atoms with van der Waals surface area (Å²) in [5.41, 5.74) is 5.01. The van der Waals surface area contributed by atoms with Gasteiger partial charge in [-0.3, -0.25) is 19.4 Å². The smallest absolute Gasteiger partial charge is 0.329 e. The molecule has 0 aliphatic carbocycles. The summed E-state index contributed by atoms with van der Waals surface area (Å²) in [6.45, 7) is 1.94. The average molecular weight is 457 g/mol. The van der Waals surface area contributed by atoms with E-state index >= 15 is 0 Å². The number of hydrogen-bond donors (Lipinski definition) is 7. The van der Waals surface area contributed by atoms with Crippen molar-refractivity contribution in [2.24, 2.45) is 4.99 Å². The summed E-state index contributed by atoms with van der Waals surface area (Å²) in [5, 5.41) is 26.7. The predicted molar refractivity (Wildman–Crippen MR) is 120 cm³/mol. The number of carbonyl (C=O) groups excluding carboxylic acids is 1. The molecule has 3 rings (SSSR count). The minimum Gasteiger partial charge on any atom is -0.481 e. The first-order valence-electron chi connectivity index (χ1n) is 9.89. The van der Waals surface area contributed by atoms with Crippen LogP contribution in [-0.4, -0.2) is 62.4 Å². The number of amides is 1. The van der Waals surface area contributed by atoms with Crippen molar-refractivity contribution >= 4 is 46.7 Å². The van der Waals surface area contributed by atoms with Gasteiger partial charge in [0.1, 0.15) is 5.54 Å². The van der Waals surface area contributed by atoms with E-state index in [9.17, 15) is 24.3 Å². The van der Waals surface area contributed by atoms with Crippen LogP contribution in [0.4, 0.5) is 23.1 Å². The van der Waals surface area contributed by atoms with Crippen molar-refractivity contribution in [1.82, 2.24) is 15.3 Å². The molecule has 0 fully saturated rings. The molecule has 0 unspecified atom stereocenters. The number of benzene rings is 1. The molecule has 1 atom stereocenters. The molecule has 1 aromatic carbocycles. The molecular weight excluding hydrogens is 434 g/mol. The van der Waals surface area contributed by atoms with Gasteiger partial charge < -0.3 is 31.9 Å². The zero-order chi connectivity index (χ0) is 24.2. The maximum atomic E-state index is 12.5. The Labute approximate surface area is 187 Å². The molecule has 0 radical (unpaired) electrons. The molecule has 2 heterocycles. The molecular formula is C20H23N7O6. The SMILES string of the molecule is C[C@@](CCC(=O)O)(NC(=O)c1ccc(NCC2=Nc3c(nc(N)[nH]c3=O)NC2)cc1)C(=O)O. The zero-order valence-electron chi connectivity index (χ0n) is 17.6. The molecule has 13 heteroatoms. The highest BCUT2D eigenvalue weighted by Crippen LogP contribution is 2.21. The van der Waals surface area contributed by atoms with Crippen LogP contribution in [-0.2, 0) is 9.59 Å². The number of aliphatic imine (C=N–C) groups is 1. The molecule has 1 aliphatic rings. The molecule has 1 amide bonds. The molecule has 33 heavy (non-hydrogen) atoms. The van der Waals surface area contributed by atoms with E-state index in [1.807, 2.05) is 0 Å². The third-order valence-electron chi connectivity index (χ3n) is 4.99. The van der Waals surface area contributed by atoms with Gasteiger partial charge in [-0.1, -0.05) is 0 Å². The lowest BCUT2D eigenvalue weighted by atomic mass is 9.95. The van der Waals surface area contributed by atoms with Crippen molar-refractivity contribution in [3.63, 3.8) is 0 Å². The first-order valence-corrected chi connectivity index (χ1v) is 9.89. The summed E-state index contributed by atoms with van der Waals surface area (Å²) in [5.74, 6) is -2.81. The van der Waals surface area contributed by atoms with E-state index in [0.717, 1.165) is 0 Å². The van der Waals surface area contributed by atoms with Crippen LogP contribution < -0.4 is 27.2 Å². The minimum absolute atomic E-state index is 0.00212. The van der Waals surface area contributed by atoms with Crippen molar-refractivity contribution in [2.45, 2.75) is 25.3 Å². The number of nitrogens with zero attached hydrogens (tertiary/aromatic N) is 2. The van der Waals surface area contributed by atoms with E-state index in [-0.39, 0.29) is 23.6 Å². The first kappa shape index (κ1) is 23.2. The molecule has 0 spiro atoms. The summed E-state index contributed by atoms with van der Waals surface area (Å²) in [6, 6.07) is 6.27. The van der Waals surface area contributed by atoms with Gasteiger partial charge in [-0.05, 0) is 37.6 Å². The lowest BCUT2D eigenvalue weighted by molar-refractivity contribution is -0.145. The van der Waals surface area contributed by atoms with Crippen LogP contribution in [0.25, 0.3) is 0 Å². The molecule has 1 aromatic heterocycles. The normalized spacial score (nSPS) is 14.2. The van der Waals surface area contributed by atoms with Crippen LogP contribution >= 0.6 is 0 Å². The molecule has 1 aliphatic heterocycles. The van der Waals surface area contributed by atoms with Gasteiger partial charge in [-0.25, -0.2) is 9.79 Å². The Hall–Kier alpha value is -4.42. The number of carbonyl (C=O) groups is 3. The second-order valence-electron chi connectivity index (χ2n) is 7.60. The maximum absolute atomic E-state index is 12.5. The van der Waals surface area contributed by atoms with Gasteiger partial charge >= 0.3 is 11.9 Å². The average Bonchev–Trinajstić information content (AvgIpc) is 2.76. The molecule has 174 valence electrons. The van der Waals surface area contributed by atoms with E-state index in [4.69, 9.17) is 10.8 Å². The lowest BCUT2D eigenvalue weighted by Crippen LogP contribution is -2.52. The van der Waals surface area contributed by atoms with Crippen LogP contribution in [0.5, 0.6) is 0 Å². The van der Waals surface area contributed by atoms with Crippen molar-refractivity contribution in [2.75, 3.05) is 29.5 Å². The highest BCUT2D eigenvalue weighted by Gasteiger charge is 2.35. The summed E-state index contributed by atoms with van der Waals surface area (Å²) in [7, 11) is 0. The van der Waals surface area contributed by atoms with Crippen molar-refractivity contribution < 1.29 is 24.6 Å². The highest BCUT2D eigenvalue weighted by molar-refractivity contribution is 5.99. The Bertz CT molecular complexity index is 1170. The molecule has 8 N–H and O–H groups in total. The number of aromatic nitrogens is 2. The van der Waals surface area contributed by atoms with Gasteiger partial charge in [0.2, 0.25) is 5.95 Å². The summed E-state index contributed by atoms with van der Waals surface area (Å²) < 4.78 is 0. The molecule has 13 nitrogen and oxygen atoms in total. The Kier molecular flexibility index (Phi) is 6.61. The number of anilines is 3. The second kappa shape index (κ2) is 9.38. The van der Waals surface area contributed by atoms with E-state index in [1.165, 1.54) is 19.1 Å². The van der Waals surface area contributed by atoms with Crippen molar-refractivity contribution in [3.8, 4) is 0 Å². The number of aromatic amines is 1. The minimum atomic E-state index is -1.72. The third kappa shape index (κ3) is 5.64. The predicted octanol–water partition coefficient (Wildman–Crippen LogP) is 0.400. The zero-order valence-corrected chi connectivity index (χ0v) is 17.6. The highest BCUT2D eigenvalue weighted by atomic mass is 16.4. The van der Waals surface area contributed by atoms with Crippen LogP contribution in [0, 0.1) is 0 Å². The van der Waals surface area contributed by atoms with Crippen LogP contribution in [0.1, 0.15) is 30.1 Å². The number of H-pyrrole nitrogens is 1. The number of carboxylic acids is 2. The van der Waals surface area contributed by atoms with E-state index in [1.54, 1.807) is 12.1 Å². The topological polar surface area (TPSA) is 212 Å². The van der Waals surface area contributed by atoms with Gasteiger partial charge in [0, 0.05) is 17.7 Å². The number of fused-ring (bicyclic) bond motifs is 1. The number of hydrogen-bond acceptors (Lipinski definition) is 9. The fraction of sp³-hybridized carbons (Fsp3) is 0.300. The number of rotatable bonds is 9. The van der Waals surface area contributed by atoms with Gasteiger partial charge in [0.15, 0.2) is 11.5 Å². The largest absolute Gasteiger partial charge is 0.481 e. The van der Waals surface area contributed by atoms with Crippen LogP contribution in [0.2, 0.25) is 0 Å². The van der Waals surface area contributed by atoms with E-state index in [0.29, 0.717) is 30.3 Å². The lowest BCUT2D eigenvalue weighted by Gasteiger charge is -2.25. The maximum Gasteiger partial charge on any atom is 0.329 e. The van der Waals surface area contributed by atoms with Crippen molar-refractivity contribution in [3.05, 3.63) is 40.2 Å². The summed E-state index contributed by atoms with van der Waals surface area (Å²) in [6.07, 6.45) is -0.655. The van der Waals surface area contributed by atoms with Crippen molar-refractivity contribution in [1.29, 1.82) is 0 Å². The second-order valence-corrected chi connectivity index (χ2v) is 7.60. The van der Waals surface area contributed by atoms with Gasteiger partial charge in [-0.2, -0.15) is 4.98 Å². The number of nitrogens with one attached hydrogen (secondary N) is 4. The third-order valence-corrected chi connectivity index (χ3v) is 4.99. The first-order chi connectivity index (χ1) is 15.6. The number of aliphatic carboxylic acids is 2. The summed E-state index contributed by atoms with van der Waals surface area (Å²) in [4.78, 5) is 57.5. The fourth-order valence-corrected chi connectivity index (χ4v) is 3.04. The molecule has 2 aromatic rings. The Morgan fingerprint density at radius 2 is 1.91 bits per heavy atom. The number of carboxylic acid groups (broad SMARTS) is 2. The van der Waals surface area contributed by atoms with Gasteiger partial charge in [0.25, 0.3) is 11.5 Å². The van der Waals surface area contributed by atoms with E-state index in [2.05, 4.69) is 30.9 Å². The fourth-order valence-electron chi connectivity index (χ4n) is 3.04. The Morgan fingerprint density at radius 1 is 1.21 bits per heavy atom. The molecule has 0 saturated heterocycles. The van der Waals surface area contributed by atoms with Crippen LogP contribution in [0.3, 0.4) is 0 Å². The Balaban J connectivity index is 1.62. The van der Waals surface area contributed by atoms with E-state index < -0.39 is 35.4 Å². The quantitative estimate of drug-likeness (QED) is 0.275. The monoisotopic (exact) mass is 457 g/mol. The Morgan fingerprint density at radius 3 is 2.55 bits per heavy atom. The molecule has 0 bridgehead atoms. The van der Waals surface area contributed by atoms with Gasteiger partial charge in [0.05, 0.1) is 18.8 Å². The molecule has 0 saturated carbocycles. The standard InChI is InChI=1S/C20H23N7O6/c1-20(18(32)33,7-6-13(28)29)27-16(30)10-2-4-11(5-3-10)22-8-12-9-23-15-14(24-12)17(31)26-19(21)25-15/h2-5,22H,6-9H2,1H3,(H,27,30)(H,28,29)(H,32,33)(H4,21,23,25,26,31)/t20-/m0/s1. The van der Waals surface area contributed by atoms with Gasteiger partial charge in [-0.15, -0.1) is 0 Å². The number of nitrogen functional groups attached to an aromatic ring is 1.